The molecule has 6 N–H and O–H groups in total. The molecule has 0 rings (SSSR count). The standard InChI is InChI=1S/C5H11NO2S.C3H7NO2S/c1-9-3-2-4(6)5(7)8;4-2(1-7)3(5)6/h4H,2-3,6H2,1H3,(H,7,8);2,7H,1,4H2,(H,5,6)/t4-;2-/m00/s1/i9+3;7+3. The van der Waals surface area contributed by atoms with Crippen LogP contribution < -0.4 is 11.5 Å². The van der Waals surface area contributed by atoms with Gasteiger partial charge in [0.15, 0.2) is 0 Å². The molecule has 0 radical (unpaired) electrons. The molecule has 0 amide bonds. The van der Waals surface area contributed by atoms with Gasteiger partial charge in [0.2, 0.25) is 0 Å². The fourth-order valence-corrected chi connectivity index (χ4v) is 1.09. The normalized spacial score (nSPS) is 13.2. The van der Waals surface area contributed by atoms with Gasteiger partial charge in [0, 0.05) is 5.75 Å². The molecule has 0 heterocycles. The van der Waals surface area contributed by atoms with E-state index in [4.69, 9.17) is 21.7 Å². The molecule has 0 aromatic rings. The summed E-state index contributed by atoms with van der Waals surface area (Å²) in [6.07, 6.45) is 2.48. The van der Waals surface area contributed by atoms with E-state index in [1.807, 2.05) is 6.26 Å². The molecule has 0 fully saturated rings. The number of hydrogen-bond donors (Lipinski definition) is 5. The molecule has 8 heteroatoms. The Kier molecular flexibility index (Phi) is 12.4. The van der Waals surface area contributed by atoms with Crippen LogP contribution in [-0.4, -0.2) is 52.0 Å². The summed E-state index contributed by atoms with van der Waals surface area (Å²) in [6, 6.07) is -1.50. The summed E-state index contributed by atoms with van der Waals surface area (Å²) in [4.78, 5) is 19.8. The van der Waals surface area contributed by atoms with Crippen LogP contribution in [0.25, 0.3) is 0 Å². The first kappa shape index (κ1) is 17.9. The van der Waals surface area contributed by atoms with Gasteiger partial charge in [-0.05, 0) is 18.4 Å². The Bertz CT molecular complexity index is 216. The van der Waals surface area contributed by atoms with Gasteiger partial charge in [-0.15, -0.1) is 0 Å². The summed E-state index contributed by atoms with van der Waals surface area (Å²) in [5.74, 6) is -0.915. The van der Waals surface area contributed by atoms with Crippen LogP contribution in [0.5, 0.6) is 0 Å². The Morgan fingerprint density at radius 1 is 1.25 bits per heavy atom. The first-order valence-corrected chi connectivity index (χ1v) is 6.46. The highest BCUT2D eigenvalue weighted by molar-refractivity contribution is 7.98. The Morgan fingerprint density at radius 2 is 1.69 bits per heavy atom. The maximum absolute atomic E-state index is 10.1. The second-order valence-corrected chi connectivity index (χ2v) is 4.20. The first-order chi connectivity index (χ1) is 7.36. The fourth-order valence-electron chi connectivity index (χ4n) is 0.446. The van der Waals surface area contributed by atoms with E-state index in [0.717, 1.165) is 5.75 Å². The molecule has 6 nitrogen and oxygen atoms in total. The summed E-state index contributed by atoms with van der Waals surface area (Å²) < 4.78 is 0. The molecule has 0 spiro atoms. The van der Waals surface area contributed by atoms with Crippen LogP contribution in [0.3, 0.4) is 0 Å². The van der Waals surface area contributed by atoms with Gasteiger partial charge in [-0.3, -0.25) is 9.59 Å². The summed E-state index contributed by atoms with van der Waals surface area (Å²) >= 11 is 5.25. The lowest BCUT2D eigenvalue weighted by Gasteiger charge is -2.02. The van der Waals surface area contributed by atoms with Crippen LogP contribution in [0.2, 0.25) is 0 Å². The minimum atomic E-state index is -1.00. The van der Waals surface area contributed by atoms with Crippen LogP contribution in [0.1, 0.15) is 6.42 Å². The average molecular weight is 276 g/mol. The number of carbonyl (C=O) groups is 2. The SMILES string of the molecule is C[35S]CC[C@H](N)C(=O)O.N[C@@H](C[35SH])C(=O)O. The summed E-state index contributed by atoms with van der Waals surface area (Å²) in [7, 11) is 0. The van der Waals surface area contributed by atoms with Crippen molar-refractivity contribution in [1.29, 1.82) is 0 Å². The topological polar surface area (TPSA) is 127 Å². The Morgan fingerprint density at radius 3 is 1.88 bits per heavy atom. The molecule has 0 aliphatic heterocycles. The lowest BCUT2D eigenvalue weighted by atomic mass is 10.2. The molecule has 0 aromatic carbocycles. The van der Waals surface area contributed by atoms with Gasteiger partial charge in [0.05, 0.1) is 0 Å². The van der Waals surface area contributed by atoms with Gasteiger partial charge >= 0.3 is 11.9 Å². The van der Waals surface area contributed by atoms with E-state index in [1.54, 1.807) is 11.8 Å². The summed E-state index contributed by atoms with van der Waals surface area (Å²) in [6.45, 7) is 0. The quantitative estimate of drug-likeness (QED) is 0.413. The van der Waals surface area contributed by atoms with Crippen molar-refractivity contribution in [1.82, 2.24) is 0 Å². The maximum atomic E-state index is 10.1. The molecule has 96 valence electrons. The van der Waals surface area contributed by atoms with Crippen LogP contribution in [0.4, 0.5) is 0 Å². The minimum Gasteiger partial charge on any atom is -0.480 e. The monoisotopic (exact) mass is 276 g/mol. The highest BCUT2D eigenvalue weighted by Crippen LogP contribution is 1.97. The summed E-state index contributed by atoms with van der Waals surface area (Å²) in [5.41, 5.74) is 10.1. The molecule has 0 aliphatic rings. The van der Waals surface area contributed by atoms with Crippen LogP contribution in [0.15, 0.2) is 0 Å². The Hall–Kier alpha value is -0.440. The van der Waals surface area contributed by atoms with Crippen LogP contribution in [0, 0.1) is 0 Å². The van der Waals surface area contributed by atoms with Gasteiger partial charge in [0.25, 0.3) is 0 Å². The van der Waals surface area contributed by atoms with E-state index in [1.165, 1.54) is 0 Å². The zero-order chi connectivity index (χ0) is 13.1. The molecule has 0 aliphatic carbocycles. The van der Waals surface area contributed by atoms with Crippen molar-refractivity contribution in [2.45, 2.75) is 18.5 Å². The number of rotatable bonds is 6. The second kappa shape index (κ2) is 11.1. The third-order valence-corrected chi connectivity index (χ3v) is 2.50. The third-order valence-electron chi connectivity index (χ3n) is 1.46. The van der Waals surface area contributed by atoms with E-state index < -0.39 is 24.0 Å². The van der Waals surface area contributed by atoms with Crippen molar-refractivity contribution in [3.8, 4) is 0 Å². The number of carboxylic acid groups (broad SMARTS) is 2. The van der Waals surface area contributed by atoms with Gasteiger partial charge in [-0.2, -0.15) is 24.4 Å². The number of aliphatic carboxylic acids is 2. The van der Waals surface area contributed by atoms with E-state index in [2.05, 4.69) is 12.6 Å². The van der Waals surface area contributed by atoms with Crippen molar-refractivity contribution in [3.05, 3.63) is 0 Å². The van der Waals surface area contributed by atoms with Crippen molar-refractivity contribution >= 4 is 36.3 Å². The van der Waals surface area contributed by atoms with Gasteiger partial charge in [-0.25, -0.2) is 0 Å². The average Bonchev–Trinajstić information content (AvgIpc) is 2.25. The summed E-state index contributed by atoms with van der Waals surface area (Å²) in [5, 5.41) is 16.3. The van der Waals surface area contributed by atoms with Gasteiger partial charge in [-0.1, -0.05) is 0 Å². The number of carboxylic acids is 2. The molecule has 0 saturated carbocycles. The molecule has 2 atom stereocenters. The van der Waals surface area contributed by atoms with Crippen molar-refractivity contribution in [2.75, 3.05) is 17.8 Å². The van der Waals surface area contributed by atoms with E-state index >= 15 is 0 Å². The second-order valence-electron chi connectivity index (χ2n) is 2.85. The number of thioether (sulfide) groups is 1. The number of hydrogen-bond acceptors (Lipinski definition) is 6. The molecule has 0 aromatic heterocycles. The van der Waals surface area contributed by atoms with Crippen molar-refractivity contribution < 1.29 is 19.8 Å². The molecular formula is C8H18N2O4S2. The number of nitrogens with two attached hydrogens (primary N) is 2. The van der Waals surface area contributed by atoms with Crippen molar-refractivity contribution in [2.24, 2.45) is 11.5 Å². The largest absolute Gasteiger partial charge is 0.480 e. The fraction of sp³-hybridized carbons (Fsp3) is 0.750. The zero-order valence-electron chi connectivity index (χ0n) is 9.00. The maximum Gasteiger partial charge on any atom is 0.321 e. The molecule has 0 bridgehead atoms. The molecule has 16 heavy (non-hydrogen) atoms. The van der Waals surface area contributed by atoms with Crippen LogP contribution >= 0.6 is 24.4 Å². The lowest BCUT2D eigenvalue weighted by Crippen LogP contribution is -2.31. The molecular weight excluding hydrogens is 258 g/mol. The van der Waals surface area contributed by atoms with Gasteiger partial charge < -0.3 is 21.7 Å². The zero-order valence-corrected chi connectivity index (χ0v) is 10.7. The lowest BCUT2D eigenvalue weighted by molar-refractivity contribution is -0.139. The van der Waals surface area contributed by atoms with Crippen molar-refractivity contribution in [3.63, 3.8) is 0 Å². The Labute approximate surface area is 104 Å². The van der Waals surface area contributed by atoms with E-state index in [9.17, 15) is 9.59 Å². The molecule has 0 unspecified atom stereocenters. The molecule has 0 saturated heterocycles. The third kappa shape index (κ3) is 11.6. The minimum absolute atomic E-state index is 0.190. The predicted molar refractivity (Wildman–Crippen MR) is 68.1 cm³/mol. The first-order valence-electron chi connectivity index (χ1n) is 4.43. The highest BCUT2D eigenvalue weighted by atomic mass is 35.1. The van der Waals surface area contributed by atoms with E-state index in [-0.39, 0.29) is 5.75 Å². The number of thiol groups is 1. The van der Waals surface area contributed by atoms with Gasteiger partial charge in [0.1, 0.15) is 12.1 Å². The highest BCUT2D eigenvalue weighted by Gasteiger charge is 2.09. The smallest absolute Gasteiger partial charge is 0.321 e. The van der Waals surface area contributed by atoms with E-state index in [0.29, 0.717) is 6.42 Å². The predicted octanol–water partition coefficient (Wildman–Crippen LogP) is -0.520. The Balaban J connectivity index is 0. The van der Waals surface area contributed by atoms with Crippen LogP contribution in [-0.2, 0) is 9.59 Å².